The van der Waals surface area contributed by atoms with Gasteiger partial charge in [0.2, 0.25) is 0 Å². The number of fused-ring (bicyclic) bond motifs is 1. The van der Waals surface area contributed by atoms with Crippen molar-refractivity contribution < 1.29 is 14.4 Å². The van der Waals surface area contributed by atoms with Crippen LogP contribution in [-0.2, 0) is 7.05 Å². The number of pyridine rings is 1. The Morgan fingerprint density at radius 3 is 2.67 bits per heavy atom. The van der Waals surface area contributed by atoms with Gasteiger partial charge in [-0.25, -0.2) is 4.68 Å². The number of carbonyl (C=O) groups excluding carboxylic acids is 3. The minimum atomic E-state index is -0.500. The van der Waals surface area contributed by atoms with E-state index in [0.29, 0.717) is 0 Å². The van der Waals surface area contributed by atoms with E-state index in [0.717, 1.165) is 9.58 Å². The number of hydrogen-bond donors (Lipinski definition) is 1. The Bertz CT molecular complexity index is 870. The molecule has 0 radical (unpaired) electrons. The van der Waals surface area contributed by atoms with Crippen LogP contribution in [-0.4, -0.2) is 50.5 Å². The zero-order chi connectivity index (χ0) is 17.3. The number of aromatic nitrogens is 3. The molecule has 0 bridgehead atoms. The molecule has 0 unspecified atom stereocenters. The van der Waals surface area contributed by atoms with E-state index < -0.39 is 17.7 Å². The number of hydrogen-bond acceptors (Lipinski definition) is 6. The zero-order valence-electron chi connectivity index (χ0n) is 12.7. The van der Waals surface area contributed by atoms with Crippen molar-refractivity contribution in [1.29, 1.82) is 0 Å². The molecule has 3 amide bonds. The summed E-state index contributed by atoms with van der Waals surface area (Å²) in [5, 5.41) is 6.38. The molecule has 0 fully saturated rings. The first-order valence-corrected chi connectivity index (χ1v) is 7.13. The molecule has 0 aliphatic carbocycles. The predicted molar refractivity (Wildman–Crippen MR) is 81.4 cm³/mol. The van der Waals surface area contributed by atoms with Crippen LogP contribution in [0, 0.1) is 0 Å². The third-order valence-corrected chi connectivity index (χ3v) is 3.55. The minimum Gasteiger partial charge on any atom is -0.349 e. The molecule has 1 aliphatic heterocycles. The molecule has 0 atom stereocenters. The number of amides is 3. The van der Waals surface area contributed by atoms with Crippen molar-refractivity contribution in [1.82, 2.24) is 25.0 Å². The summed E-state index contributed by atoms with van der Waals surface area (Å²) in [7, 11) is 1.44. The van der Waals surface area contributed by atoms with Crippen LogP contribution in [0.15, 0.2) is 35.3 Å². The molecule has 9 nitrogen and oxygen atoms in total. The van der Waals surface area contributed by atoms with Crippen molar-refractivity contribution in [3.8, 4) is 0 Å². The molecule has 122 valence electrons. The summed E-state index contributed by atoms with van der Waals surface area (Å²) >= 11 is 0. The van der Waals surface area contributed by atoms with Gasteiger partial charge in [0.25, 0.3) is 23.3 Å². The number of carbonyl (C=O) groups is 3. The summed E-state index contributed by atoms with van der Waals surface area (Å²) in [5.41, 5.74) is 0.119. The molecule has 2 aromatic rings. The summed E-state index contributed by atoms with van der Waals surface area (Å²) in [6, 6.07) is 5.66. The van der Waals surface area contributed by atoms with E-state index in [9.17, 15) is 19.2 Å². The highest BCUT2D eigenvalue weighted by Crippen LogP contribution is 2.19. The largest absolute Gasteiger partial charge is 0.349 e. The maximum Gasteiger partial charge on any atom is 0.280 e. The van der Waals surface area contributed by atoms with E-state index in [1.54, 1.807) is 6.07 Å². The SMILES string of the molecule is Cn1nc(C(=O)NCCN2C(=O)c3cccnc3C2=O)ccc1=O. The van der Waals surface area contributed by atoms with Gasteiger partial charge in [0.05, 0.1) is 5.56 Å². The van der Waals surface area contributed by atoms with Crippen LogP contribution in [0.4, 0.5) is 0 Å². The smallest absolute Gasteiger partial charge is 0.280 e. The van der Waals surface area contributed by atoms with Gasteiger partial charge < -0.3 is 5.32 Å². The van der Waals surface area contributed by atoms with Crippen molar-refractivity contribution in [2.75, 3.05) is 13.1 Å². The van der Waals surface area contributed by atoms with Crippen LogP contribution in [0.5, 0.6) is 0 Å². The topological polar surface area (TPSA) is 114 Å². The third-order valence-electron chi connectivity index (χ3n) is 3.55. The van der Waals surface area contributed by atoms with E-state index in [4.69, 9.17) is 0 Å². The predicted octanol–water partition coefficient (Wildman–Crippen LogP) is -0.799. The van der Waals surface area contributed by atoms with Crippen molar-refractivity contribution in [2.24, 2.45) is 7.05 Å². The lowest BCUT2D eigenvalue weighted by molar-refractivity contribution is 0.0648. The molecule has 0 spiro atoms. The van der Waals surface area contributed by atoms with Crippen LogP contribution in [0.1, 0.15) is 31.3 Å². The van der Waals surface area contributed by atoms with Gasteiger partial charge in [-0.2, -0.15) is 5.10 Å². The Morgan fingerprint density at radius 2 is 1.96 bits per heavy atom. The van der Waals surface area contributed by atoms with Crippen molar-refractivity contribution in [3.63, 3.8) is 0 Å². The summed E-state index contributed by atoms with van der Waals surface area (Å²) in [6.07, 6.45) is 1.45. The maximum absolute atomic E-state index is 12.1. The van der Waals surface area contributed by atoms with Crippen LogP contribution in [0.25, 0.3) is 0 Å². The molecule has 1 N–H and O–H groups in total. The van der Waals surface area contributed by atoms with Gasteiger partial charge in [0.1, 0.15) is 11.4 Å². The van der Waals surface area contributed by atoms with Gasteiger partial charge in [0.15, 0.2) is 0 Å². The van der Waals surface area contributed by atoms with Gasteiger partial charge in [-0.3, -0.25) is 29.1 Å². The second-order valence-electron chi connectivity index (χ2n) is 5.10. The van der Waals surface area contributed by atoms with Gasteiger partial charge in [-0.05, 0) is 18.2 Å². The van der Waals surface area contributed by atoms with E-state index in [1.807, 2.05) is 0 Å². The number of imide groups is 1. The van der Waals surface area contributed by atoms with Gasteiger partial charge in [-0.15, -0.1) is 0 Å². The van der Waals surface area contributed by atoms with E-state index in [1.165, 1.54) is 31.4 Å². The highest BCUT2D eigenvalue weighted by atomic mass is 16.2. The average Bonchev–Trinajstić information content (AvgIpc) is 2.82. The summed E-state index contributed by atoms with van der Waals surface area (Å²) in [6.45, 7) is 0.0837. The van der Waals surface area contributed by atoms with Gasteiger partial charge in [-0.1, -0.05) is 0 Å². The lowest BCUT2D eigenvalue weighted by Crippen LogP contribution is -2.38. The van der Waals surface area contributed by atoms with Crippen LogP contribution in [0.2, 0.25) is 0 Å². The zero-order valence-corrected chi connectivity index (χ0v) is 12.7. The first-order chi connectivity index (χ1) is 11.5. The molecule has 9 heteroatoms. The number of aryl methyl sites for hydroxylation is 1. The molecular weight excluding hydrogens is 314 g/mol. The first-order valence-electron chi connectivity index (χ1n) is 7.13. The van der Waals surface area contributed by atoms with Crippen molar-refractivity contribution in [3.05, 3.63) is 57.8 Å². The fourth-order valence-electron chi connectivity index (χ4n) is 2.31. The highest BCUT2D eigenvalue weighted by molar-refractivity contribution is 6.20. The first kappa shape index (κ1) is 15.5. The Balaban J connectivity index is 1.62. The van der Waals surface area contributed by atoms with Crippen LogP contribution in [0.3, 0.4) is 0 Å². The van der Waals surface area contributed by atoms with E-state index >= 15 is 0 Å². The molecular formula is C15H13N5O4. The Hall–Kier alpha value is -3.36. The molecule has 0 saturated carbocycles. The summed E-state index contributed by atoms with van der Waals surface area (Å²) < 4.78 is 1.05. The lowest BCUT2D eigenvalue weighted by atomic mass is 10.2. The monoisotopic (exact) mass is 327 g/mol. The molecule has 3 rings (SSSR count). The number of nitrogens with zero attached hydrogens (tertiary/aromatic N) is 4. The molecule has 0 aromatic carbocycles. The number of nitrogens with one attached hydrogen (secondary N) is 1. The molecule has 0 saturated heterocycles. The standard InChI is InChI=1S/C15H13N5O4/c1-19-11(21)5-4-10(18-19)13(22)17-7-8-20-14(23)9-3-2-6-16-12(9)15(20)24/h2-6H,7-8H2,1H3,(H,17,22). The summed E-state index contributed by atoms with van der Waals surface area (Å²) in [4.78, 5) is 52.4. The highest BCUT2D eigenvalue weighted by Gasteiger charge is 2.36. The number of rotatable bonds is 4. The van der Waals surface area contributed by atoms with Crippen molar-refractivity contribution >= 4 is 17.7 Å². The average molecular weight is 327 g/mol. The second kappa shape index (κ2) is 6.03. The van der Waals surface area contributed by atoms with Crippen LogP contribution < -0.4 is 10.9 Å². The van der Waals surface area contributed by atoms with E-state index in [2.05, 4.69) is 15.4 Å². The fraction of sp³-hybridized carbons (Fsp3) is 0.200. The minimum absolute atomic E-state index is 0.0194. The normalized spacial score (nSPS) is 13.1. The molecule has 3 heterocycles. The molecule has 2 aromatic heterocycles. The Morgan fingerprint density at radius 1 is 1.17 bits per heavy atom. The summed E-state index contributed by atoms with van der Waals surface area (Å²) in [5.74, 6) is -1.41. The van der Waals surface area contributed by atoms with Gasteiger partial charge >= 0.3 is 0 Å². The van der Waals surface area contributed by atoms with Crippen LogP contribution >= 0.6 is 0 Å². The Labute approximate surface area is 135 Å². The van der Waals surface area contributed by atoms with Gasteiger partial charge in [0, 0.05) is 32.4 Å². The maximum atomic E-state index is 12.1. The lowest BCUT2D eigenvalue weighted by Gasteiger charge is -2.13. The second-order valence-corrected chi connectivity index (χ2v) is 5.10. The van der Waals surface area contributed by atoms with Crippen molar-refractivity contribution in [2.45, 2.75) is 0 Å². The third kappa shape index (κ3) is 2.67. The van der Waals surface area contributed by atoms with E-state index in [-0.39, 0.29) is 35.6 Å². The quantitative estimate of drug-likeness (QED) is 0.736. The molecule has 24 heavy (non-hydrogen) atoms. The molecule has 1 aliphatic rings. The fourth-order valence-corrected chi connectivity index (χ4v) is 2.31. The Kier molecular flexibility index (Phi) is 3.90.